The van der Waals surface area contributed by atoms with Crippen LogP contribution in [0.1, 0.15) is 56.1 Å². The van der Waals surface area contributed by atoms with E-state index < -0.39 is 30.2 Å². The summed E-state index contributed by atoms with van der Waals surface area (Å²) in [6, 6.07) is 18.4. The molecule has 2 aromatic carbocycles. The molecule has 0 aromatic heterocycles. The summed E-state index contributed by atoms with van der Waals surface area (Å²) in [6.07, 6.45) is 5.19. The molecule has 0 fully saturated rings. The second-order valence-corrected chi connectivity index (χ2v) is 10.8. The molecule has 4 amide bonds. The molecule has 0 aliphatic carbocycles. The molecule has 270 valence electrons. The fraction of sp³-hybridized carbons (Fsp3) is 0.441. The van der Waals surface area contributed by atoms with Gasteiger partial charge in [0.25, 0.3) is 5.91 Å². The van der Waals surface area contributed by atoms with Crippen molar-refractivity contribution in [1.29, 1.82) is 0 Å². The minimum Gasteiger partial charge on any atom is -0.445 e. The molecule has 2 unspecified atom stereocenters. The number of nitrogens with two attached hydrogens (primary N) is 2. The van der Waals surface area contributed by atoms with Crippen LogP contribution in [0.4, 0.5) is 9.59 Å². The third-order valence-corrected chi connectivity index (χ3v) is 6.86. The summed E-state index contributed by atoms with van der Waals surface area (Å²) >= 11 is 0. The number of allylic oxidation sites excluding steroid dienone is 1. The number of carbonyl (C=O) groups is 4. The molecule has 0 radical (unpaired) electrons. The van der Waals surface area contributed by atoms with Gasteiger partial charge in [0.05, 0.1) is 0 Å². The Bertz CT molecular complexity index is 1300. The molecule has 2 rings (SSSR count). The number of methoxy groups -OCH3 is 1. The van der Waals surface area contributed by atoms with Crippen molar-refractivity contribution in [2.24, 2.45) is 16.5 Å². The highest BCUT2D eigenvalue weighted by atomic mass is 35.5. The average Bonchev–Trinajstić information content (AvgIpc) is 3.09. The topological polar surface area (TPSA) is 208 Å². The largest absolute Gasteiger partial charge is 0.445 e. The summed E-state index contributed by atoms with van der Waals surface area (Å²) in [7, 11) is 1.32. The molecule has 14 nitrogen and oxygen atoms in total. The number of carbonyl (C=O) groups excluding carboxylic acids is 4. The molecule has 0 bridgehead atoms. The lowest BCUT2D eigenvalue weighted by Crippen LogP contribution is -2.47. The molecular weight excluding hydrogens is 654 g/mol. The van der Waals surface area contributed by atoms with Crippen molar-refractivity contribution in [3.8, 4) is 0 Å². The number of aliphatic imine (C=N–C) groups is 1. The number of amides is 4. The maximum absolute atomic E-state index is 12.6. The van der Waals surface area contributed by atoms with Crippen molar-refractivity contribution in [2.75, 3.05) is 26.7 Å². The van der Waals surface area contributed by atoms with Gasteiger partial charge < -0.3 is 46.9 Å². The van der Waals surface area contributed by atoms with E-state index in [9.17, 15) is 19.2 Å². The number of halogens is 1. The summed E-state index contributed by atoms with van der Waals surface area (Å²) < 4.78 is 15.8. The Balaban J connectivity index is 0.0000120. The van der Waals surface area contributed by atoms with E-state index in [0.717, 1.165) is 24.0 Å². The molecule has 15 heteroatoms. The number of unbranched alkanes of at least 4 members (excludes halogenated alkanes) is 2. The highest BCUT2D eigenvalue weighted by molar-refractivity contribution is 5.92. The first-order chi connectivity index (χ1) is 23.3. The van der Waals surface area contributed by atoms with Crippen LogP contribution in [0, 0.1) is 0 Å². The van der Waals surface area contributed by atoms with Crippen LogP contribution in [0.5, 0.6) is 0 Å². The molecule has 49 heavy (non-hydrogen) atoms. The predicted octanol–water partition coefficient (Wildman–Crippen LogP) is 3.39. The van der Waals surface area contributed by atoms with Gasteiger partial charge in [0.2, 0.25) is 12.1 Å². The van der Waals surface area contributed by atoms with Crippen molar-refractivity contribution >= 4 is 42.4 Å². The quantitative estimate of drug-likeness (QED) is 0.0349. The van der Waals surface area contributed by atoms with Gasteiger partial charge in [0, 0.05) is 32.8 Å². The first kappa shape index (κ1) is 42.2. The number of nitrogens with zero attached hydrogens (tertiary/aromatic N) is 1. The third-order valence-electron chi connectivity index (χ3n) is 6.86. The number of alkyl carbamates (subject to hydrolysis) is 2. The molecule has 8 N–H and O–H groups in total. The van der Waals surface area contributed by atoms with Crippen molar-refractivity contribution in [3.05, 3.63) is 83.9 Å². The van der Waals surface area contributed by atoms with Crippen LogP contribution in [0.15, 0.2) is 77.8 Å². The summed E-state index contributed by atoms with van der Waals surface area (Å²) in [5.74, 6) is -0.911. The molecule has 2 atom stereocenters. The van der Waals surface area contributed by atoms with Gasteiger partial charge >= 0.3 is 12.2 Å². The minimum atomic E-state index is -1.17. The van der Waals surface area contributed by atoms with Gasteiger partial charge in [-0.2, -0.15) is 0 Å². The SMILES string of the molecule is COC(NC(=O)C=CCCCCN=C(N)N)C(=O)NCCCC(CCCNC(=O)OCc1ccccc1)NC(=O)OCc1ccccc1.Cl. The number of hydrogen-bond donors (Lipinski definition) is 6. The van der Waals surface area contributed by atoms with Crippen molar-refractivity contribution in [3.63, 3.8) is 0 Å². The molecule has 0 saturated heterocycles. The first-order valence-corrected chi connectivity index (χ1v) is 16.0. The standard InChI is InChI=1S/C34H49N7O7.ClH/c1-46-31(41-29(42)20-10-2-3-11-21-38-32(35)36)30(43)37-22-12-18-28(40-34(45)48-25-27-16-8-5-9-17-27)19-13-23-39-33(44)47-24-26-14-6-4-7-15-26;/h4-10,14-17,20,28,31H,2-3,11-13,18-19,21-25H2,1H3,(H,37,43)(H,39,44)(H,40,45)(H,41,42)(H4,35,36,38);1H. The third kappa shape index (κ3) is 20.9. The van der Waals surface area contributed by atoms with Crippen LogP contribution < -0.4 is 32.7 Å². The Morgan fingerprint density at radius 3 is 1.92 bits per heavy atom. The minimum absolute atomic E-state index is 0. The van der Waals surface area contributed by atoms with E-state index in [1.807, 2.05) is 60.7 Å². The van der Waals surface area contributed by atoms with E-state index in [4.69, 9.17) is 25.7 Å². The lowest BCUT2D eigenvalue weighted by Gasteiger charge is -2.20. The Labute approximate surface area is 294 Å². The van der Waals surface area contributed by atoms with Crippen LogP contribution in [-0.4, -0.2) is 69.0 Å². The zero-order chi connectivity index (χ0) is 34.8. The molecule has 2 aromatic rings. The van der Waals surface area contributed by atoms with Crippen molar-refractivity contribution < 1.29 is 33.4 Å². The number of benzene rings is 2. The Hall–Kier alpha value is -4.82. The van der Waals surface area contributed by atoms with Crippen molar-refractivity contribution in [1.82, 2.24) is 21.3 Å². The first-order valence-electron chi connectivity index (χ1n) is 16.0. The van der Waals surface area contributed by atoms with Crippen LogP contribution in [0.25, 0.3) is 0 Å². The lowest BCUT2D eigenvalue weighted by atomic mass is 10.1. The number of guanidine groups is 1. The zero-order valence-electron chi connectivity index (χ0n) is 27.9. The average molecular weight is 704 g/mol. The lowest BCUT2D eigenvalue weighted by molar-refractivity contribution is -0.137. The zero-order valence-corrected chi connectivity index (χ0v) is 28.8. The van der Waals surface area contributed by atoms with Gasteiger partial charge in [0.15, 0.2) is 5.96 Å². The van der Waals surface area contributed by atoms with Crippen molar-refractivity contribution in [2.45, 2.75) is 70.4 Å². The number of hydrogen-bond acceptors (Lipinski definition) is 8. The Morgan fingerprint density at radius 2 is 1.35 bits per heavy atom. The van der Waals surface area contributed by atoms with E-state index in [-0.39, 0.29) is 44.2 Å². The van der Waals surface area contributed by atoms with E-state index in [2.05, 4.69) is 26.3 Å². The van der Waals surface area contributed by atoms with Crippen LogP contribution in [0.3, 0.4) is 0 Å². The predicted molar refractivity (Wildman–Crippen MR) is 190 cm³/mol. The second-order valence-electron chi connectivity index (χ2n) is 10.8. The van der Waals surface area contributed by atoms with E-state index in [1.54, 1.807) is 6.08 Å². The normalized spacial score (nSPS) is 11.7. The van der Waals surface area contributed by atoms with Crippen LogP contribution in [-0.2, 0) is 37.0 Å². The van der Waals surface area contributed by atoms with Crippen LogP contribution >= 0.6 is 12.4 Å². The summed E-state index contributed by atoms with van der Waals surface area (Å²) in [5.41, 5.74) is 12.3. The van der Waals surface area contributed by atoms with Gasteiger partial charge in [-0.25, -0.2) is 9.59 Å². The van der Waals surface area contributed by atoms with Gasteiger partial charge in [-0.1, -0.05) is 66.7 Å². The monoisotopic (exact) mass is 703 g/mol. The highest BCUT2D eigenvalue weighted by Gasteiger charge is 2.19. The molecule has 0 aliphatic rings. The van der Waals surface area contributed by atoms with Gasteiger partial charge in [-0.3, -0.25) is 14.6 Å². The maximum Gasteiger partial charge on any atom is 0.407 e. The fourth-order valence-electron chi connectivity index (χ4n) is 4.37. The van der Waals surface area contributed by atoms with Gasteiger partial charge in [-0.05, 0) is 62.1 Å². The summed E-state index contributed by atoms with van der Waals surface area (Å²) in [6.45, 7) is 1.45. The number of rotatable bonds is 22. The van der Waals surface area contributed by atoms with Gasteiger partial charge in [-0.15, -0.1) is 12.4 Å². The molecule has 0 spiro atoms. The Kier molecular flexibility index (Phi) is 22.5. The molecular formula is C34H50ClN7O7. The van der Waals surface area contributed by atoms with Crippen LogP contribution in [0.2, 0.25) is 0 Å². The fourth-order valence-corrected chi connectivity index (χ4v) is 4.37. The summed E-state index contributed by atoms with van der Waals surface area (Å²) in [4.78, 5) is 53.4. The maximum atomic E-state index is 12.6. The van der Waals surface area contributed by atoms with Gasteiger partial charge in [0.1, 0.15) is 13.2 Å². The molecule has 0 heterocycles. The summed E-state index contributed by atoms with van der Waals surface area (Å²) in [5, 5.41) is 10.9. The molecule has 0 aliphatic heterocycles. The smallest absolute Gasteiger partial charge is 0.407 e. The second kappa shape index (κ2) is 26.2. The number of nitrogens with one attached hydrogen (secondary N) is 4. The van der Waals surface area contributed by atoms with E-state index >= 15 is 0 Å². The molecule has 0 saturated carbocycles. The number of ether oxygens (including phenoxy) is 3. The highest BCUT2D eigenvalue weighted by Crippen LogP contribution is 2.08. The Morgan fingerprint density at radius 1 is 0.776 bits per heavy atom. The van der Waals surface area contributed by atoms with E-state index in [0.29, 0.717) is 45.2 Å². The van der Waals surface area contributed by atoms with E-state index in [1.165, 1.54) is 13.2 Å².